The van der Waals surface area contributed by atoms with Crippen LogP contribution >= 0.6 is 11.6 Å². The molecular formula is C16H15ClFNO. The fraction of sp³-hybridized carbons (Fsp3) is 0.312. The van der Waals surface area contributed by atoms with Crippen LogP contribution in [0.2, 0.25) is 0 Å². The molecule has 0 radical (unpaired) electrons. The quantitative estimate of drug-likeness (QED) is 0.732. The van der Waals surface area contributed by atoms with E-state index in [9.17, 15) is 9.18 Å². The number of hydrogen-bond donors (Lipinski definition) is 0. The van der Waals surface area contributed by atoms with E-state index in [1.807, 2.05) is 6.07 Å². The van der Waals surface area contributed by atoms with Crippen molar-refractivity contribution in [2.75, 3.05) is 13.1 Å². The lowest BCUT2D eigenvalue weighted by Gasteiger charge is -2.30. The zero-order valence-corrected chi connectivity index (χ0v) is 11.7. The number of benzene rings is 2. The number of likely N-dealkylation sites (tertiary alicyclic amines) is 1. The summed E-state index contributed by atoms with van der Waals surface area (Å²) in [6.45, 7) is 1.28. The van der Waals surface area contributed by atoms with E-state index in [0.29, 0.717) is 29.4 Å². The minimum absolute atomic E-state index is 0.0133. The van der Waals surface area contributed by atoms with Crippen LogP contribution in [0.15, 0.2) is 36.4 Å². The Morgan fingerprint density at radius 1 is 1.20 bits per heavy atom. The summed E-state index contributed by atoms with van der Waals surface area (Å²) < 4.78 is 13.8. The molecule has 0 N–H and O–H groups in total. The Morgan fingerprint density at radius 2 is 1.95 bits per heavy atom. The van der Waals surface area contributed by atoms with Crippen LogP contribution in [0.25, 0.3) is 10.8 Å². The molecule has 3 rings (SSSR count). The number of halogens is 2. The first-order valence-corrected chi connectivity index (χ1v) is 7.21. The molecule has 1 atom stereocenters. The molecule has 0 spiro atoms. The lowest BCUT2D eigenvalue weighted by Crippen LogP contribution is -2.40. The molecule has 1 unspecified atom stereocenters. The number of alkyl halides is 1. The lowest BCUT2D eigenvalue weighted by atomic mass is 10.0. The predicted octanol–water partition coefficient (Wildman–Crippen LogP) is 3.82. The van der Waals surface area contributed by atoms with Crippen molar-refractivity contribution in [3.63, 3.8) is 0 Å². The van der Waals surface area contributed by atoms with Crippen LogP contribution in [-0.2, 0) is 0 Å². The van der Waals surface area contributed by atoms with E-state index in [2.05, 4.69) is 0 Å². The normalized spacial score (nSPS) is 19.3. The highest BCUT2D eigenvalue weighted by Crippen LogP contribution is 2.25. The number of hydrogen-bond acceptors (Lipinski definition) is 1. The molecule has 1 saturated heterocycles. The first-order valence-electron chi connectivity index (χ1n) is 6.77. The van der Waals surface area contributed by atoms with Crippen molar-refractivity contribution in [3.8, 4) is 0 Å². The van der Waals surface area contributed by atoms with E-state index in [4.69, 9.17) is 11.6 Å². The van der Waals surface area contributed by atoms with Crippen LogP contribution in [0.4, 0.5) is 4.39 Å². The summed E-state index contributed by atoms with van der Waals surface area (Å²) in [4.78, 5) is 14.4. The third-order valence-electron chi connectivity index (χ3n) is 3.75. The van der Waals surface area contributed by atoms with E-state index >= 15 is 0 Å². The highest BCUT2D eigenvalue weighted by molar-refractivity contribution is 6.21. The van der Waals surface area contributed by atoms with Crippen LogP contribution < -0.4 is 0 Å². The van der Waals surface area contributed by atoms with Crippen LogP contribution in [0.3, 0.4) is 0 Å². The molecule has 0 aliphatic carbocycles. The summed E-state index contributed by atoms with van der Waals surface area (Å²) >= 11 is 6.13. The molecule has 1 amide bonds. The van der Waals surface area contributed by atoms with Gasteiger partial charge in [-0.25, -0.2) is 4.39 Å². The molecule has 2 aromatic rings. The molecule has 2 aromatic carbocycles. The van der Waals surface area contributed by atoms with Gasteiger partial charge in [-0.2, -0.15) is 0 Å². The van der Waals surface area contributed by atoms with Gasteiger partial charge in [0.25, 0.3) is 5.91 Å². The topological polar surface area (TPSA) is 20.3 Å². The van der Waals surface area contributed by atoms with Gasteiger partial charge in [0, 0.05) is 24.0 Å². The average Bonchev–Trinajstić information content (AvgIpc) is 2.47. The highest BCUT2D eigenvalue weighted by atomic mass is 35.5. The summed E-state index contributed by atoms with van der Waals surface area (Å²) in [5.74, 6) is -0.363. The second-order valence-electron chi connectivity index (χ2n) is 5.13. The Morgan fingerprint density at radius 3 is 2.70 bits per heavy atom. The fourth-order valence-corrected chi connectivity index (χ4v) is 3.05. The molecule has 0 aromatic heterocycles. The third-order valence-corrected chi connectivity index (χ3v) is 4.11. The van der Waals surface area contributed by atoms with Gasteiger partial charge in [-0.3, -0.25) is 4.79 Å². The van der Waals surface area contributed by atoms with Gasteiger partial charge in [-0.05, 0) is 30.4 Å². The van der Waals surface area contributed by atoms with Gasteiger partial charge < -0.3 is 4.90 Å². The number of nitrogens with zero attached hydrogens (tertiary/aromatic N) is 1. The Balaban J connectivity index is 2.01. The summed E-state index contributed by atoms with van der Waals surface area (Å²) in [6, 6.07) is 10.00. The third kappa shape index (κ3) is 2.38. The maximum Gasteiger partial charge on any atom is 0.254 e. The van der Waals surface area contributed by atoms with Crippen molar-refractivity contribution >= 4 is 28.3 Å². The van der Waals surface area contributed by atoms with Crippen LogP contribution in [0.1, 0.15) is 23.2 Å². The van der Waals surface area contributed by atoms with E-state index < -0.39 is 0 Å². The Hall–Kier alpha value is -1.61. The van der Waals surface area contributed by atoms with Gasteiger partial charge >= 0.3 is 0 Å². The number of carbonyl (C=O) groups excluding carboxylic acids is 1. The standard InChI is InChI=1S/C16H15ClFNO/c17-11-4-3-9-19(10-11)16(20)14-7-8-15(18)13-6-2-1-5-12(13)14/h1-2,5-8,11H,3-4,9-10H2. The Bertz CT molecular complexity index is 658. The molecule has 20 heavy (non-hydrogen) atoms. The van der Waals surface area contributed by atoms with Crippen molar-refractivity contribution in [1.29, 1.82) is 0 Å². The van der Waals surface area contributed by atoms with Gasteiger partial charge in [0.15, 0.2) is 0 Å². The summed E-state index contributed by atoms with van der Waals surface area (Å²) in [7, 11) is 0. The highest BCUT2D eigenvalue weighted by Gasteiger charge is 2.24. The van der Waals surface area contributed by atoms with Crippen molar-refractivity contribution in [2.24, 2.45) is 0 Å². The largest absolute Gasteiger partial charge is 0.337 e. The van der Waals surface area contributed by atoms with E-state index in [-0.39, 0.29) is 17.1 Å². The van der Waals surface area contributed by atoms with Gasteiger partial charge in [-0.1, -0.05) is 24.3 Å². The summed E-state index contributed by atoms with van der Waals surface area (Å²) in [5.41, 5.74) is 0.549. The maximum absolute atomic E-state index is 13.8. The zero-order valence-electron chi connectivity index (χ0n) is 11.0. The van der Waals surface area contributed by atoms with Crippen molar-refractivity contribution in [2.45, 2.75) is 18.2 Å². The van der Waals surface area contributed by atoms with Crippen LogP contribution in [0, 0.1) is 5.82 Å². The number of rotatable bonds is 1. The SMILES string of the molecule is O=C(c1ccc(F)c2ccccc12)N1CCCC(Cl)C1. The molecule has 1 fully saturated rings. The minimum atomic E-state index is -0.300. The van der Waals surface area contributed by atoms with Crippen molar-refractivity contribution in [1.82, 2.24) is 4.90 Å². The molecule has 0 bridgehead atoms. The molecular weight excluding hydrogens is 277 g/mol. The number of piperidine rings is 1. The molecule has 0 saturated carbocycles. The molecule has 1 aliphatic heterocycles. The smallest absolute Gasteiger partial charge is 0.254 e. The van der Waals surface area contributed by atoms with Gasteiger partial charge in [0.2, 0.25) is 0 Å². The monoisotopic (exact) mass is 291 g/mol. The first kappa shape index (κ1) is 13.4. The number of amides is 1. The average molecular weight is 292 g/mol. The van der Waals surface area contributed by atoms with Gasteiger partial charge in [0.1, 0.15) is 5.82 Å². The van der Waals surface area contributed by atoms with E-state index in [1.165, 1.54) is 6.07 Å². The first-order chi connectivity index (χ1) is 9.66. The second-order valence-corrected chi connectivity index (χ2v) is 5.75. The van der Waals surface area contributed by atoms with Crippen LogP contribution in [-0.4, -0.2) is 29.3 Å². The van der Waals surface area contributed by atoms with E-state index in [1.54, 1.807) is 29.2 Å². The molecule has 1 heterocycles. The van der Waals surface area contributed by atoms with Crippen molar-refractivity contribution < 1.29 is 9.18 Å². The number of fused-ring (bicyclic) bond motifs is 1. The predicted molar refractivity (Wildman–Crippen MR) is 78.7 cm³/mol. The van der Waals surface area contributed by atoms with Crippen LogP contribution in [0.5, 0.6) is 0 Å². The number of carbonyl (C=O) groups is 1. The maximum atomic E-state index is 13.8. The molecule has 1 aliphatic rings. The molecule has 104 valence electrons. The van der Waals surface area contributed by atoms with E-state index in [0.717, 1.165) is 12.8 Å². The van der Waals surface area contributed by atoms with Gasteiger partial charge in [0.05, 0.1) is 5.38 Å². The zero-order chi connectivity index (χ0) is 14.1. The summed E-state index contributed by atoms with van der Waals surface area (Å²) in [5, 5.41) is 1.16. The summed E-state index contributed by atoms with van der Waals surface area (Å²) in [6.07, 6.45) is 1.86. The second kappa shape index (κ2) is 5.41. The Kier molecular flexibility index (Phi) is 3.62. The Labute approximate surface area is 122 Å². The van der Waals surface area contributed by atoms with Gasteiger partial charge in [-0.15, -0.1) is 11.6 Å². The fourth-order valence-electron chi connectivity index (χ4n) is 2.73. The lowest BCUT2D eigenvalue weighted by molar-refractivity contribution is 0.0729. The molecule has 2 nitrogen and oxygen atoms in total. The molecule has 4 heteroatoms. The minimum Gasteiger partial charge on any atom is -0.337 e. The van der Waals surface area contributed by atoms with Crippen molar-refractivity contribution in [3.05, 3.63) is 47.8 Å².